The van der Waals surface area contributed by atoms with Gasteiger partial charge in [0.05, 0.1) is 12.7 Å². The lowest BCUT2D eigenvalue weighted by Crippen LogP contribution is -2.19. The molecule has 1 aromatic heterocycles. The molecule has 0 atom stereocenters. The number of fused-ring (bicyclic) bond motifs is 1. The zero-order chi connectivity index (χ0) is 25.9. The summed E-state index contributed by atoms with van der Waals surface area (Å²) in [4.78, 5) is 12.9. The molecule has 9 heteroatoms. The van der Waals surface area contributed by atoms with Crippen LogP contribution in [0.1, 0.15) is 22.3 Å². The summed E-state index contributed by atoms with van der Waals surface area (Å²) in [7, 11) is 1.86. The molecule has 0 aliphatic heterocycles. The number of carboxylic acid groups (broad SMARTS) is 1. The number of benzene rings is 3. The van der Waals surface area contributed by atoms with Crippen LogP contribution in [0.5, 0.6) is 11.5 Å². The van der Waals surface area contributed by atoms with Crippen LogP contribution in [-0.4, -0.2) is 24.5 Å². The maximum Gasteiger partial charge on any atom is 0.573 e. The van der Waals surface area contributed by atoms with Crippen LogP contribution in [-0.2, 0) is 24.4 Å². The fourth-order valence-electron chi connectivity index (χ4n) is 3.97. The molecule has 4 rings (SSSR count). The number of aliphatic carboxylic acids is 1. The normalized spacial score (nSPS) is 11.5. The summed E-state index contributed by atoms with van der Waals surface area (Å²) in [5.41, 5.74) is 4.94. The summed E-state index contributed by atoms with van der Waals surface area (Å²) in [6, 6.07) is 16.9. The van der Waals surface area contributed by atoms with Crippen LogP contribution in [0.25, 0.3) is 11.0 Å². The number of rotatable bonds is 9. The molecule has 0 saturated carbocycles. The lowest BCUT2D eigenvalue weighted by Gasteiger charge is -2.23. The van der Waals surface area contributed by atoms with Crippen LogP contribution in [0.2, 0.25) is 0 Å². The number of alkyl halides is 3. The van der Waals surface area contributed by atoms with Crippen molar-refractivity contribution in [2.75, 3.05) is 11.9 Å². The molecule has 0 aliphatic rings. The Morgan fingerprint density at radius 2 is 1.75 bits per heavy atom. The quantitative estimate of drug-likeness (QED) is 0.284. The number of hydrogen-bond acceptors (Lipinski definition) is 5. The third-order valence-corrected chi connectivity index (χ3v) is 5.78. The Hall–Kier alpha value is -4.14. The van der Waals surface area contributed by atoms with Gasteiger partial charge in [-0.3, -0.25) is 4.79 Å². The van der Waals surface area contributed by atoms with Crippen LogP contribution < -0.4 is 14.4 Å². The van der Waals surface area contributed by atoms with Gasteiger partial charge in [-0.15, -0.1) is 13.2 Å². The van der Waals surface area contributed by atoms with Gasteiger partial charge in [-0.1, -0.05) is 18.2 Å². The van der Waals surface area contributed by atoms with Crippen molar-refractivity contribution in [3.05, 3.63) is 89.2 Å². The molecule has 3 aromatic carbocycles. The van der Waals surface area contributed by atoms with Gasteiger partial charge < -0.3 is 23.9 Å². The van der Waals surface area contributed by atoms with Crippen LogP contribution in [0.4, 0.5) is 18.9 Å². The number of halogens is 3. The second kappa shape index (κ2) is 10.2. The summed E-state index contributed by atoms with van der Waals surface area (Å²) in [5.74, 6) is -0.617. The minimum atomic E-state index is -4.73. The van der Waals surface area contributed by atoms with E-state index in [1.807, 2.05) is 37.1 Å². The van der Waals surface area contributed by atoms with Gasteiger partial charge in [0.1, 0.15) is 23.7 Å². The van der Waals surface area contributed by atoms with E-state index >= 15 is 0 Å². The maximum atomic E-state index is 12.4. The molecule has 0 amide bonds. The van der Waals surface area contributed by atoms with Crippen LogP contribution >= 0.6 is 0 Å². The highest BCUT2D eigenvalue weighted by molar-refractivity contribution is 5.86. The van der Waals surface area contributed by atoms with E-state index in [1.54, 1.807) is 30.3 Å². The van der Waals surface area contributed by atoms with E-state index in [2.05, 4.69) is 4.74 Å². The Morgan fingerprint density at radius 1 is 1.03 bits per heavy atom. The smallest absolute Gasteiger partial charge is 0.489 e. The number of aryl methyl sites for hydroxylation is 1. The molecule has 188 valence electrons. The summed E-state index contributed by atoms with van der Waals surface area (Å²) in [5, 5.41) is 9.76. The fourth-order valence-corrected chi connectivity index (χ4v) is 3.97. The fraction of sp³-hybridized carbons (Fsp3) is 0.222. The third-order valence-electron chi connectivity index (χ3n) is 5.78. The van der Waals surface area contributed by atoms with Crippen molar-refractivity contribution in [1.29, 1.82) is 0 Å². The van der Waals surface area contributed by atoms with Crippen molar-refractivity contribution in [2.45, 2.75) is 32.9 Å². The molecule has 0 spiro atoms. The summed E-state index contributed by atoms with van der Waals surface area (Å²) >= 11 is 0. The molecule has 4 aromatic rings. The van der Waals surface area contributed by atoms with Crippen LogP contribution in [0, 0.1) is 6.92 Å². The molecule has 1 N–H and O–H groups in total. The molecular weight excluding hydrogens is 475 g/mol. The predicted molar refractivity (Wildman–Crippen MR) is 128 cm³/mol. The van der Waals surface area contributed by atoms with Crippen molar-refractivity contribution in [3.63, 3.8) is 0 Å². The SMILES string of the molecule is Cc1cccc(COc2ccc3c(CC(=O)O)coc3c2)c1CN(C)c1ccc(OC(F)(F)F)cc1. The minimum Gasteiger partial charge on any atom is -0.489 e. The van der Waals surface area contributed by atoms with Gasteiger partial charge in [-0.2, -0.15) is 0 Å². The van der Waals surface area contributed by atoms with E-state index in [0.29, 0.717) is 23.4 Å². The number of carboxylic acids is 1. The van der Waals surface area contributed by atoms with E-state index in [9.17, 15) is 18.0 Å². The highest BCUT2D eigenvalue weighted by Crippen LogP contribution is 2.29. The zero-order valence-electron chi connectivity index (χ0n) is 19.6. The predicted octanol–water partition coefficient (Wildman–Crippen LogP) is 6.48. The van der Waals surface area contributed by atoms with Gasteiger partial charge in [-0.25, -0.2) is 0 Å². The zero-order valence-corrected chi connectivity index (χ0v) is 19.6. The summed E-state index contributed by atoms with van der Waals surface area (Å²) in [6.45, 7) is 2.80. The number of carbonyl (C=O) groups is 1. The Kier molecular flexibility index (Phi) is 7.10. The molecule has 0 fully saturated rings. The topological polar surface area (TPSA) is 72.1 Å². The highest BCUT2D eigenvalue weighted by Gasteiger charge is 2.31. The summed E-state index contributed by atoms with van der Waals surface area (Å²) < 4.78 is 52.7. The minimum absolute atomic E-state index is 0.120. The molecular formula is C27H24F3NO5. The highest BCUT2D eigenvalue weighted by atomic mass is 19.4. The van der Waals surface area contributed by atoms with Crippen molar-refractivity contribution in [1.82, 2.24) is 0 Å². The Bertz CT molecular complexity index is 1360. The van der Waals surface area contributed by atoms with Crippen molar-refractivity contribution in [2.24, 2.45) is 0 Å². The molecule has 0 unspecified atom stereocenters. The van der Waals surface area contributed by atoms with Gasteiger partial charge in [0.15, 0.2) is 0 Å². The number of nitrogens with zero attached hydrogens (tertiary/aromatic N) is 1. The standard InChI is InChI=1S/C27H24F3NO5/c1-17-4-3-5-18(15-34-22-10-11-23-19(12-26(32)33)16-35-25(23)13-22)24(17)14-31(2)20-6-8-21(9-7-20)36-27(28,29)30/h3-11,13,16H,12,14-15H2,1-2H3,(H,32,33). The van der Waals surface area contributed by atoms with Crippen molar-refractivity contribution in [3.8, 4) is 11.5 Å². The number of ether oxygens (including phenoxy) is 2. The molecule has 0 bridgehead atoms. The average molecular weight is 499 g/mol. The molecule has 6 nitrogen and oxygen atoms in total. The first kappa shape index (κ1) is 25.0. The van der Waals surface area contributed by atoms with E-state index in [4.69, 9.17) is 14.3 Å². The largest absolute Gasteiger partial charge is 0.573 e. The third kappa shape index (κ3) is 6.10. The molecule has 0 saturated heterocycles. The van der Waals surface area contributed by atoms with E-state index in [-0.39, 0.29) is 18.8 Å². The maximum absolute atomic E-state index is 12.4. The molecule has 0 aliphatic carbocycles. The second-order valence-corrected chi connectivity index (χ2v) is 8.39. The average Bonchev–Trinajstić information content (AvgIpc) is 3.20. The lowest BCUT2D eigenvalue weighted by molar-refractivity contribution is -0.274. The van der Waals surface area contributed by atoms with Gasteiger partial charge in [0, 0.05) is 36.3 Å². The first-order valence-corrected chi connectivity index (χ1v) is 11.1. The van der Waals surface area contributed by atoms with Gasteiger partial charge >= 0.3 is 12.3 Å². The number of furan rings is 1. The molecule has 36 heavy (non-hydrogen) atoms. The first-order chi connectivity index (χ1) is 17.1. The van der Waals surface area contributed by atoms with Gasteiger partial charge in [0.2, 0.25) is 0 Å². The Labute approximate surface area is 205 Å². The number of anilines is 1. The second-order valence-electron chi connectivity index (χ2n) is 8.39. The van der Waals surface area contributed by atoms with Crippen molar-refractivity contribution < 1.29 is 37.0 Å². The van der Waals surface area contributed by atoms with Crippen molar-refractivity contribution >= 4 is 22.6 Å². The van der Waals surface area contributed by atoms with Gasteiger partial charge in [-0.05, 0) is 60.0 Å². The van der Waals surface area contributed by atoms with E-state index < -0.39 is 12.3 Å². The van der Waals surface area contributed by atoms with Crippen LogP contribution in [0.15, 0.2) is 71.3 Å². The van der Waals surface area contributed by atoms with Crippen LogP contribution in [0.3, 0.4) is 0 Å². The van der Waals surface area contributed by atoms with E-state index in [0.717, 1.165) is 27.8 Å². The molecule has 0 radical (unpaired) electrons. The molecule has 1 heterocycles. The lowest BCUT2D eigenvalue weighted by atomic mass is 10.0. The van der Waals surface area contributed by atoms with E-state index in [1.165, 1.54) is 18.4 Å². The first-order valence-electron chi connectivity index (χ1n) is 11.1. The monoisotopic (exact) mass is 499 g/mol. The van der Waals surface area contributed by atoms with Gasteiger partial charge in [0.25, 0.3) is 0 Å². The summed E-state index contributed by atoms with van der Waals surface area (Å²) in [6.07, 6.45) is -3.41. The Balaban J connectivity index is 1.46. The number of hydrogen-bond donors (Lipinski definition) is 1. The Morgan fingerprint density at radius 3 is 2.44 bits per heavy atom.